The second-order valence-electron chi connectivity index (χ2n) is 5.02. The summed E-state index contributed by atoms with van der Waals surface area (Å²) in [7, 11) is 0. The van der Waals surface area contributed by atoms with Gasteiger partial charge in [0.05, 0.1) is 6.54 Å². The van der Waals surface area contributed by atoms with E-state index in [1.807, 2.05) is 38.1 Å². The van der Waals surface area contributed by atoms with Crippen molar-refractivity contribution in [2.24, 2.45) is 0 Å². The van der Waals surface area contributed by atoms with Gasteiger partial charge in [0.1, 0.15) is 0 Å². The van der Waals surface area contributed by atoms with E-state index in [9.17, 15) is 4.79 Å². The van der Waals surface area contributed by atoms with Crippen molar-refractivity contribution in [2.45, 2.75) is 39.3 Å². The first kappa shape index (κ1) is 15.2. The molecule has 1 aromatic carbocycles. The van der Waals surface area contributed by atoms with Crippen LogP contribution in [0.15, 0.2) is 28.7 Å². The molecule has 18 heavy (non-hydrogen) atoms. The molecule has 1 rings (SSSR count). The Morgan fingerprint density at radius 1 is 1.28 bits per heavy atom. The molecule has 4 heteroatoms. The van der Waals surface area contributed by atoms with Crippen LogP contribution in [-0.4, -0.2) is 18.0 Å². The quantitative estimate of drug-likeness (QED) is 0.848. The van der Waals surface area contributed by atoms with Crippen molar-refractivity contribution in [1.82, 2.24) is 10.6 Å². The van der Waals surface area contributed by atoms with Gasteiger partial charge in [-0.2, -0.15) is 0 Å². The first-order chi connectivity index (χ1) is 8.43. The molecule has 0 radical (unpaired) electrons. The molecule has 0 saturated carbocycles. The molecule has 0 aliphatic carbocycles. The zero-order valence-corrected chi connectivity index (χ0v) is 12.8. The first-order valence-electron chi connectivity index (χ1n) is 6.19. The van der Waals surface area contributed by atoms with E-state index in [1.165, 1.54) is 5.56 Å². The molecule has 0 aliphatic rings. The van der Waals surface area contributed by atoms with Crippen molar-refractivity contribution >= 4 is 21.8 Å². The number of halogens is 1. The fourth-order valence-electron chi connectivity index (χ4n) is 1.43. The second kappa shape index (κ2) is 6.90. The molecule has 0 spiro atoms. The maximum absolute atomic E-state index is 11.7. The molecular weight excluding hydrogens is 292 g/mol. The summed E-state index contributed by atoms with van der Waals surface area (Å²) in [4.78, 5) is 11.7. The summed E-state index contributed by atoms with van der Waals surface area (Å²) < 4.78 is 1.06. The average Bonchev–Trinajstić information content (AvgIpc) is 2.31. The minimum Gasteiger partial charge on any atom is -0.350 e. The number of rotatable bonds is 6. The third-order valence-electron chi connectivity index (χ3n) is 2.89. The molecule has 0 heterocycles. The van der Waals surface area contributed by atoms with Crippen LogP contribution in [-0.2, 0) is 11.3 Å². The highest BCUT2D eigenvalue weighted by Gasteiger charge is 2.16. The number of hydrogen-bond acceptors (Lipinski definition) is 2. The Kier molecular flexibility index (Phi) is 5.82. The van der Waals surface area contributed by atoms with Gasteiger partial charge >= 0.3 is 0 Å². The van der Waals surface area contributed by atoms with E-state index in [2.05, 4.69) is 33.5 Å². The molecule has 0 aliphatic heterocycles. The molecule has 0 saturated heterocycles. The number of benzene rings is 1. The van der Waals surface area contributed by atoms with Crippen molar-refractivity contribution < 1.29 is 4.79 Å². The van der Waals surface area contributed by atoms with E-state index < -0.39 is 0 Å². The Labute approximate surface area is 117 Å². The monoisotopic (exact) mass is 312 g/mol. The maximum Gasteiger partial charge on any atom is 0.234 e. The minimum atomic E-state index is -0.129. The van der Waals surface area contributed by atoms with Gasteiger partial charge < -0.3 is 10.6 Å². The van der Waals surface area contributed by atoms with Gasteiger partial charge in [-0.15, -0.1) is 0 Å². The van der Waals surface area contributed by atoms with E-state index in [4.69, 9.17) is 0 Å². The van der Waals surface area contributed by atoms with E-state index in [0.29, 0.717) is 13.1 Å². The molecule has 100 valence electrons. The Morgan fingerprint density at radius 3 is 2.44 bits per heavy atom. The van der Waals surface area contributed by atoms with Crippen LogP contribution >= 0.6 is 15.9 Å². The lowest BCUT2D eigenvalue weighted by molar-refractivity contribution is -0.121. The zero-order chi connectivity index (χ0) is 13.6. The average molecular weight is 313 g/mol. The number of amides is 1. The summed E-state index contributed by atoms with van der Waals surface area (Å²) >= 11 is 3.39. The zero-order valence-electron chi connectivity index (χ0n) is 11.2. The smallest absolute Gasteiger partial charge is 0.234 e. The van der Waals surface area contributed by atoms with Crippen molar-refractivity contribution in [3.63, 3.8) is 0 Å². The van der Waals surface area contributed by atoms with E-state index in [1.54, 1.807) is 0 Å². The van der Waals surface area contributed by atoms with E-state index in [-0.39, 0.29) is 11.4 Å². The summed E-state index contributed by atoms with van der Waals surface area (Å²) in [5.74, 6) is 0.0407. The van der Waals surface area contributed by atoms with Gasteiger partial charge in [0.2, 0.25) is 5.91 Å². The Bertz CT molecular complexity index is 387. The van der Waals surface area contributed by atoms with Gasteiger partial charge in [-0.3, -0.25) is 4.79 Å². The van der Waals surface area contributed by atoms with Crippen LogP contribution in [0.5, 0.6) is 0 Å². The predicted molar refractivity (Wildman–Crippen MR) is 78.4 cm³/mol. The molecule has 0 fully saturated rings. The second-order valence-corrected chi connectivity index (χ2v) is 5.93. The largest absolute Gasteiger partial charge is 0.350 e. The topological polar surface area (TPSA) is 41.1 Å². The van der Waals surface area contributed by atoms with Crippen molar-refractivity contribution in [2.75, 3.05) is 6.54 Å². The van der Waals surface area contributed by atoms with Crippen LogP contribution in [0.1, 0.15) is 32.8 Å². The summed E-state index contributed by atoms with van der Waals surface area (Å²) in [6, 6.07) is 8.06. The van der Waals surface area contributed by atoms with Crippen molar-refractivity contribution in [1.29, 1.82) is 0 Å². The molecule has 0 atom stereocenters. The van der Waals surface area contributed by atoms with Crippen molar-refractivity contribution in [3.05, 3.63) is 34.3 Å². The van der Waals surface area contributed by atoms with Crippen LogP contribution in [0, 0.1) is 0 Å². The maximum atomic E-state index is 11.7. The van der Waals surface area contributed by atoms with Gasteiger partial charge in [0.25, 0.3) is 0 Å². The Morgan fingerprint density at radius 2 is 1.89 bits per heavy atom. The molecule has 3 nitrogen and oxygen atoms in total. The van der Waals surface area contributed by atoms with Crippen LogP contribution in [0.2, 0.25) is 0 Å². The van der Waals surface area contributed by atoms with Crippen molar-refractivity contribution in [3.8, 4) is 0 Å². The molecule has 0 aromatic heterocycles. The molecule has 0 unspecified atom stereocenters. The minimum absolute atomic E-state index is 0.0407. The highest BCUT2D eigenvalue weighted by molar-refractivity contribution is 9.10. The number of carbonyl (C=O) groups excluding carboxylic acids is 1. The highest BCUT2D eigenvalue weighted by atomic mass is 79.9. The standard InChI is InChI=1S/C14H21BrN2O/c1-4-14(2,3)17-13(18)10-16-9-11-5-7-12(15)8-6-11/h5-8,16H,4,9-10H2,1-3H3,(H,17,18). The van der Waals surface area contributed by atoms with E-state index >= 15 is 0 Å². The third-order valence-corrected chi connectivity index (χ3v) is 3.42. The third kappa shape index (κ3) is 5.65. The first-order valence-corrected chi connectivity index (χ1v) is 6.98. The summed E-state index contributed by atoms with van der Waals surface area (Å²) in [6.45, 7) is 7.17. The molecule has 0 bridgehead atoms. The molecule has 2 N–H and O–H groups in total. The Hall–Kier alpha value is -0.870. The number of carbonyl (C=O) groups is 1. The molecule has 1 amide bonds. The summed E-state index contributed by atoms with van der Waals surface area (Å²) in [5, 5.41) is 6.13. The fraction of sp³-hybridized carbons (Fsp3) is 0.500. The normalized spacial score (nSPS) is 11.3. The Balaban J connectivity index is 2.29. The van der Waals surface area contributed by atoms with Crippen LogP contribution in [0.4, 0.5) is 0 Å². The van der Waals surface area contributed by atoms with Crippen LogP contribution < -0.4 is 10.6 Å². The van der Waals surface area contributed by atoms with Gasteiger partial charge in [0.15, 0.2) is 0 Å². The van der Waals surface area contributed by atoms with E-state index in [0.717, 1.165) is 10.9 Å². The lowest BCUT2D eigenvalue weighted by Crippen LogP contribution is -2.46. The molecule has 1 aromatic rings. The van der Waals surface area contributed by atoms with Gasteiger partial charge in [-0.05, 0) is 38.0 Å². The van der Waals surface area contributed by atoms with Crippen LogP contribution in [0.3, 0.4) is 0 Å². The SMILES string of the molecule is CCC(C)(C)NC(=O)CNCc1ccc(Br)cc1. The van der Waals surface area contributed by atoms with Gasteiger partial charge in [0, 0.05) is 16.6 Å². The highest BCUT2D eigenvalue weighted by Crippen LogP contribution is 2.10. The van der Waals surface area contributed by atoms with Gasteiger partial charge in [-0.25, -0.2) is 0 Å². The molecular formula is C14H21BrN2O. The summed E-state index contributed by atoms with van der Waals surface area (Å²) in [6.07, 6.45) is 0.922. The fourth-order valence-corrected chi connectivity index (χ4v) is 1.70. The number of nitrogens with one attached hydrogen (secondary N) is 2. The van der Waals surface area contributed by atoms with Crippen LogP contribution in [0.25, 0.3) is 0 Å². The summed E-state index contributed by atoms with van der Waals surface area (Å²) in [5.41, 5.74) is 1.04. The number of hydrogen-bond donors (Lipinski definition) is 2. The predicted octanol–water partition coefficient (Wildman–Crippen LogP) is 2.84. The van der Waals surface area contributed by atoms with Gasteiger partial charge in [-0.1, -0.05) is 35.0 Å². The lowest BCUT2D eigenvalue weighted by atomic mass is 10.0. The lowest BCUT2D eigenvalue weighted by Gasteiger charge is -2.24.